The van der Waals surface area contributed by atoms with Crippen molar-refractivity contribution in [1.82, 2.24) is 4.98 Å². The van der Waals surface area contributed by atoms with Crippen LogP contribution in [0.1, 0.15) is 16.7 Å². The number of rotatable bonds is 4. The summed E-state index contributed by atoms with van der Waals surface area (Å²) in [7, 11) is 1.35. The molecule has 1 heterocycles. The van der Waals surface area contributed by atoms with Crippen LogP contribution in [0.4, 0.5) is 0 Å². The number of carbonyl (C=O) groups is 1. The number of aromatic nitrogens is 1. The number of ether oxygens (including phenoxy) is 2. The molecule has 4 nitrogen and oxygen atoms in total. The van der Waals surface area contributed by atoms with Gasteiger partial charge in [-0.05, 0) is 31.2 Å². The van der Waals surface area contributed by atoms with Crippen molar-refractivity contribution < 1.29 is 14.3 Å². The predicted octanol–water partition coefficient (Wildman–Crippen LogP) is 3.00. The summed E-state index contributed by atoms with van der Waals surface area (Å²) >= 11 is 1.27. The maximum Gasteiger partial charge on any atom is 0.367 e. The zero-order chi connectivity index (χ0) is 13.0. The van der Waals surface area contributed by atoms with Gasteiger partial charge in [-0.15, -0.1) is 11.3 Å². The van der Waals surface area contributed by atoms with Gasteiger partial charge in [0.25, 0.3) is 0 Å². The molecule has 94 valence electrons. The molecule has 0 atom stereocenters. The van der Waals surface area contributed by atoms with Crippen LogP contribution in [0.2, 0.25) is 0 Å². The highest BCUT2D eigenvalue weighted by Gasteiger charge is 2.11. The topological polar surface area (TPSA) is 48.4 Å². The molecule has 0 aliphatic heterocycles. The third-order valence-corrected chi connectivity index (χ3v) is 3.15. The predicted molar refractivity (Wildman–Crippen MR) is 70.1 cm³/mol. The smallest absolute Gasteiger partial charge is 0.367 e. The van der Waals surface area contributed by atoms with Crippen LogP contribution in [0.15, 0.2) is 29.6 Å². The SMILES string of the molecule is CCOc1ccc(-c2csc(C(=O)OC)n2)cc1. The summed E-state index contributed by atoms with van der Waals surface area (Å²) < 4.78 is 9.99. The van der Waals surface area contributed by atoms with E-state index in [1.165, 1.54) is 18.4 Å². The number of hydrogen-bond acceptors (Lipinski definition) is 5. The summed E-state index contributed by atoms with van der Waals surface area (Å²) in [5.74, 6) is 0.418. The Balaban J connectivity index is 2.20. The standard InChI is InChI=1S/C13H13NO3S/c1-3-17-10-6-4-9(5-7-10)11-8-18-12(14-11)13(15)16-2/h4-8H,3H2,1-2H3. The van der Waals surface area contributed by atoms with Gasteiger partial charge >= 0.3 is 5.97 Å². The van der Waals surface area contributed by atoms with Crippen LogP contribution in [-0.2, 0) is 4.74 Å². The van der Waals surface area contributed by atoms with Crippen LogP contribution in [0.25, 0.3) is 11.3 Å². The number of esters is 1. The van der Waals surface area contributed by atoms with Crippen LogP contribution in [0.3, 0.4) is 0 Å². The Bertz CT molecular complexity index is 533. The Morgan fingerprint density at radius 3 is 2.67 bits per heavy atom. The number of thiazole rings is 1. The number of methoxy groups -OCH3 is 1. The van der Waals surface area contributed by atoms with Crippen molar-refractivity contribution in [3.05, 3.63) is 34.7 Å². The lowest BCUT2D eigenvalue weighted by Gasteiger charge is -2.03. The lowest BCUT2D eigenvalue weighted by Crippen LogP contribution is -1.99. The van der Waals surface area contributed by atoms with Gasteiger partial charge in [-0.1, -0.05) is 0 Å². The van der Waals surface area contributed by atoms with Gasteiger partial charge in [0.05, 0.1) is 19.4 Å². The summed E-state index contributed by atoms with van der Waals surface area (Å²) in [5, 5.41) is 2.20. The van der Waals surface area contributed by atoms with Crippen molar-refractivity contribution >= 4 is 17.3 Å². The molecule has 0 N–H and O–H groups in total. The van der Waals surface area contributed by atoms with Gasteiger partial charge in [-0.25, -0.2) is 9.78 Å². The number of hydrogen-bond donors (Lipinski definition) is 0. The average Bonchev–Trinajstić information content (AvgIpc) is 2.89. The van der Waals surface area contributed by atoms with Gasteiger partial charge in [0.1, 0.15) is 5.75 Å². The molecule has 0 aliphatic rings. The van der Waals surface area contributed by atoms with E-state index in [0.29, 0.717) is 11.6 Å². The highest BCUT2D eigenvalue weighted by Crippen LogP contribution is 2.24. The zero-order valence-corrected chi connectivity index (χ0v) is 11.0. The number of carbonyl (C=O) groups excluding carboxylic acids is 1. The number of nitrogens with zero attached hydrogens (tertiary/aromatic N) is 1. The van der Waals surface area contributed by atoms with E-state index < -0.39 is 5.97 Å². The summed E-state index contributed by atoms with van der Waals surface area (Å²) in [5.41, 5.74) is 1.72. The van der Waals surface area contributed by atoms with Crippen LogP contribution < -0.4 is 4.74 Å². The van der Waals surface area contributed by atoms with E-state index in [0.717, 1.165) is 17.0 Å². The molecule has 0 saturated heterocycles. The molecule has 0 aliphatic carbocycles. The minimum absolute atomic E-state index is 0.362. The minimum atomic E-state index is -0.405. The first-order valence-electron chi connectivity index (χ1n) is 5.51. The van der Waals surface area contributed by atoms with E-state index >= 15 is 0 Å². The average molecular weight is 263 g/mol. The molecule has 5 heteroatoms. The molecule has 1 aromatic carbocycles. The third-order valence-electron chi connectivity index (χ3n) is 2.33. The van der Waals surface area contributed by atoms with Crippen molar-refractivity contribution in [2.24, 2.45) is 0 Å². The molecular formula is C13H13NO3S. The van der Waals surface area contributed by atoms with Crippen LogP contribution >= 0.6 is 11.3 Å². The van der Waals surface area contributed by atoms with E-state index in [1.54, 1.807) is 0 Å². The van der Waals surface area contributed by atoms with Gasteiger partial charge < -0.3 is 9.47 Å². The summed E-state index contributed by atoms with van der Waals surface area (Å²) in [4.78, 5) is 15.5. The van der Waals surface area contributed by atoms with Crippen molar-refractivity contribution in [2.45, 2.75) is 6.92 Å². The first-order valence-corrected chi connectivity index (χ1v) is 6.39. The first kappa shape index (κ1) is 12.6. The summed E-state index contributed by atoms with van der Waals surface area (Å²) in [6, 6.07) is 7.61. The van der Waals surface area contributed by atoms with Crippen molar-refractivity contribution in [2.75, 3.05) is 13.7 Å². The van der Waals surface area contributed by atoms with Gasteiger partial charge in [-0.3, -0.25) is 0 Å². The molecule has 0 bridgehead atoms. The maximum atomic E-state index is 11.3. The molecule has 0 radical (unpaired) electrons. The molecule has 0 fully saturated rings. The minimum Gasteiger partial charge on any atom is -0.494 e. The van der Waals surface area contributed by atoms with E-state index in [1.807, 2.05) is 36.6 Å². The monoisotopic (exact) mass is 263 g/mol. The highest BCUT2D eigenvalue weighted by atomic mass is 32.1. The Morgan fingerprint density at radius 2 is 2.06 bits per heavy atom. The molecule has 2 aromatic rings. The fourth-order valence-electron chi connectivity index (χ4n) is 1.48. The van der Waals surface area contributed by atoms with E-state index in [-0.39, 0.29) is 0 Å². The molecule has 2 rings (SSSR count). The van der Waals surface area contributed by atoms with Crippen LogP contribution in [0.5, 0.6) is 5.75 Å². The van der Waals surface area contributed by atoms with Crippen LogP contribution in [-0.4, -0.2) is 24.7 Å². The second kappa shape index (κ2) is 5.64. The quantitative estimate of drug-likeness (QED) is 0.796. The van der Waals surface area contributed by atoms with Gasteiger partial charge in [0.2, 0.25) is 5.01 Å². The number of benzene rings is 1. The Hall–Kier alpha value is -1.88. The summed E-state index contributed by atoms with van der Waals surface area (Å²) in [6.07, 6.45) is 0. The van der Waals surface area contributed by atoms with Crippen LogP contribution in [0, 0.1) is 0 Å². The normalized spacial score (nSPS) is 10.1. The van der Waals surface area contributed by atoms with Gasteiger partial charge in [-0.2, -0.15) is 0 Å². The molecule has 0 unspecified atom stereocenters. The van der Waals surface area contributed by atoms with Crippen molar-refractivity contribution in [3.63, 3.8) is 0 Å². The third kappa shape index (κ3) is 2.68. The summed E-state index contributed by atoms with van der Waals surface area (Å²) in [6.45, 7) is 2.58. The first-order chi connectivity index (χ1) is 8.74. The molecule has 0 saturated carbocycles. The zero-order valence-electron chi connectivity index (χ0n) is 10.2. The van der Waals surface area contributed by atoms with E-state index in [2.05, 4.69) is 9.72 Å². The largest absolute Gasteiger partial charge is 0.494 e. The highest BCUT2D eigenvalue weighted by molar-refractivity contribution is 7.11. The van der Waals surface area contributed by atoms with E-state index in [4.69, 9.17) is 4.74 Å². The maximum absolute atomic E-state index is 11.3. The Labute approximate surface area is 109 Å². The fraction of sp³-hybridized carbons (Fsp3) is 0.231. The Morgan fingerprint density at radius 1 is 1.33 bits per heavy atom. The molecule has 18 heavy (non-hydrogen) atoms. The van der Waals surface area contributed by atoms with Crippen molar-refractivity contribution in [3.8, 4) is 17.0 Å². The van der Waals surface area contributed by atoms with E-state index in [9.17, 15) is 4.79 Å². The lowest BCUT2D eigenvalue weighted by molar-refractivity contribution is 0.0600. The van der Waals surface area contributed by atoms with Gasteiger partial charge in [0, 0.05) is 10.9 Å². The molecule has 1 aromatic heterocycles. The molecule has 0 spiro atoms. The van der Waals surface area contributed by atoms with Crippen molar-refractivity contribution in [1.29, 1.82) is 0 Å². The van der Waals surface area contributed by atoms with Gasteiger partial charge in [0.15, 0.2) is 0 Å². The molecular weight excluding hydrogens is 250 g/mol. The Kier molecular flexibility index (Phi) is 3.94. The lowest BCUT2D eigenvalue weighted by atomic mass is 10.2. The fourth-order valence-corrected chi connectivity index (χ4v) is 2.22. The second-order valence-corrected chi connectivity index (χ2v) is 4.34. The second-order valence-electron chi connectivity index (χ2n) is 3.49. The molecule has 0 amide bonds.